The van der Waals surface area contributed by atoms with E-state index in [1.54, 1.807) is 0 Å². The molecule has 0 rings (SSSR count). The molecule has 0 aromatic rings. The average molecular weight is 565 g/mol. The van der Waals surface area contributed by atoms with E-state index in [-0.39, 0.29) is 346 Å². The van der Waals surface area contributed by atoms with Crippen molar-refractivity contribution in [1.29, 1.82) is 0 Å². The Morgan fingerprint density at radius 2 is 0.120 bits per heavy atom. The molecule has 130 valence electrons. The van der Waals surface area contributed by atoms with Crippen molar-refractivity contribution < 1.29 is 52.6 Å². The van der Waals surface area contributed by atoms with Crippen LogP contribution in [0.15, 0.2) is 0 Å². The third-order valence-electron chi connectivity index (χ3n) is 0. The first-order valence-electron chi connectivity index (χ1n) is 1.000. The standard InChI is InChI=1S/15Mg.5H2O2.30H/c;;;;;;;;;;;;;;;5*1-2;;;;;;;;;;;;;;;;;;;;;;;;;;;;;;/h;;;;;;;;;;;;;;;5*1-2H;;;;;;;;;;;;;;;;;;;;;;;;;;;;;;. The summed E-state index contributed by atoms with van der Waals surface area (Å²) in [6, 6.07) is 0. The maximum absolute atomic E-state index is 6.00. The van der Waals surface area contributed by atoms with Crippen molar-refractivity contribution in [3.63, 3.8) is 0 Å². The predicted molar refractivity (Wildman–Crippen MR) is 154 cm³/mol. The van der Waals surface area contributed by atoms with Gasteiger partial charge in [0.05, 0.1) is 0 Å². The highest BCUT2D eigenvalue weighted by atomic mass is 24.3. The van der Waals surface area contributed by atoms with E-state index >= 15 is 0 Å². The number of rotatable bonds is 0. The second-order valence-corrected chi connectivity index (χ2v) is 0. The molecule has 0 aromatic carbocycles. The van der Waals surface area contributed by atoms with E-state index in [0.29, 0.717) is 0 Å². The third-order valence-corrected chi connectivity index (χ3v) is 0. The summed E-state index contributed by atoms with van der Waals surface area (Å²) in [5.41, 5.74) is 0. The van der Waals surface area contributed by atoms with Crippen LogP contribution in [0.3, 0.4) is 0 Å². The normalized spacial score (nSPS) is 1.20. The third kappa shape index (κ3) is 312. The number of hydrogen-bond donors (Lipinski definition) is 10. The van der Waals surface area contributed by atoms with Gasteiger partial charge in [0.15, 0.2) is 0 Å². The molecule has 10 N–H and O–H groups in total. The topological polar surface area (TPSA) is 202 Å². The quantitative estimate of drug-likeness (QED) is 0.0765. The summed E-state index contributed by atoms with van der Waals surface area (Å²) in [5, 5.41) is 60.0. The molecule has 0 radical (unpaired) electrons. The summed E-state index contributed by atoms with van der Waals surface area (Å²) in [6.45, 7) is 0. The van der Waals surface area contributed by atoms with Gasteiger partial charge in [-0.25, -0.2) is 0 Å². The van der Waals surface area contributed by atoms with E-state index < -0.39 is 0 Å². The molecule has 0 unspecified atom stereocenters. The maximum Gasteiger partial charge on any atom is 0.316 e. The van der Waals surface area contributed by atoms with Gasteiger partial charge in [0.25, 0.3) is 0 Å². The zero-order valence-electron chi connectivity index (χ0n) is 4.47. The molecule has 25 heavy (non-hydrogen) atoms. The SMILES string of the molecule is OO.OO.OO.OO.OO.[MgH2].[MgH2].[MgH2].[MgH2].[MgH2].[MgH2].[MgH2].[MgH2].[MgH2].[MgH2].[MgH2].[MgH2].[MgH2].[MgH2].[MgH2]. The molecular formula is H40Mg15O10. The molecule has 0 amide bonds. The highest BCUT2D eigenvalue weighted by Gasteiger charge is 0.754. The van der Waals surface area contributed by atoms with Crippen LogP contribution in [0.2, 0.25) is 0 Å². The molecule has 0 aliphatic rings. The molecule has 0 aliphatic heterocycles. The van der Waals surface area contributed by atoms with Gasteiger partial charge in [0, 0.05) is 0 Å². The summed E-state index contributed by atoms with van der Waals surface area (Å²) in [4.78, 5) is 0. The van der Waals surface area contributed by atoms with Crippen LogP contribution >= 0.6 is 0 Å². The zero-order chi connectivity index (χ0) is 10.0. The molecule has 0 saturated carbocycles. The minimum atomic E-state index is 0. The van der Waals surface area contributed by atoms with Crippen molar-refractivity contribution in [3.05, 3.63) is 0 Å². The van der Waals surface area contributed by atoms with E-state index in [0.717, 1.165) is 0 Å². The lowest BCUT2D eigenvalue weighted by Crippen LogP contribution is -1.29. The minimum Gasteiger partial charge on any atom is -0.255 e. The van der Waals surface area contributed by atoms with Crippen LogP contribution in [0.25, 0.3) is 0 Å². The van der Waals surface area contributed by atoms with Crippen LogP contribution in [0.5, 0.6) is 0 Å². The summed E-state index contributed by atoms with van der Waals surface area (Å²) in [5.74, 6) is 0. The Hall–Kier alpha value is 11.1. The van der Waals surface area contributed by atoms with Gasteiger partial charge in [0.2, 0.25) is 0 Å². The lowest BCUT2D eigenvalue weighted by Gasteiger charge is -1.25. The molecule has 0 bridgehead atoms. The number of hydrogen-bond acceptors (Lipinski definition) is 10. The molecule has 0 aromatic heterocycles. The van der Waals surface area contributed by atoms with Crippen LogP contribution in [-0.4, -0.2) is 398 Å². The first-order chi connectivity index (χ1) is 5.00. The Bertz CT molecular complexity index is 24.3. The first kappa shape index (κ1) is 172. The summed E-state index contributed by atoms with van der Waals surface area (Å²) in [7, 11) is 0. The lowest BCUT2D eigenvalue weighted by atomic mass is 15.0. The van der Waals surface area contributed by atoms with Crippen LogP contribution < -0.4 is 0 Å². The fourth-order valence-corrected chi connectivity index (χ4v) is 0. The molecule has 0 atom stereocenters. The van der Waals surface area contributed by atoms with Gasteiger partial charge in [-0.1, -0.05) is 0 Å². The Morgan fingerprint density at radius 1 is 0.120 bits per heavy atom. The molecule has 0 heterocycles. The molecule has 0 aliphatic carbocycles. The van der Waals surface area contributed by atoms with Crippen molar-refractivity contribution in [2.45, 2.75) is 0 Å². The van der Waals surface area contributed by atoms with Crippen LogP contribution in [0.4, 0.5) is 0 Å². The molecule has 0 saturated heterocycles. The van der Waals surface area contributed by atoms with Gasteiger partial charge in [-0.15, -0.1) is 0 Å². The van der Waals surface area contributed by atoms with Crippen LogP contribution in [0.1, 0.15) is 0 Å². The van der Waals surface area contributed by atoms with E-state index in [9.17, 15) is 0 Å². The van der Waals surface area contributed by atoms with Crippen LogP contribution in [0, 0.1) is 0 Å². The van der Waals surface area contributed by atoms with Gasteiger partial charge >= 0.3 is 346 Å². The Labute approximate surface area is 388 Å². The van der Waals surface area contributed by atoms with Gasteiger partial charge in [-0.2, -0.15) is 0 Å². The van der Waals surface area contributed by atoms with Crippen molar-refractivity contribution in [3.8, 4) is 0 Å². The molecule has 10 nitrogen and oxygen atoms in total. The zero-order valence-corrected chi connectivity index (χ0v) is 4.47. The highest BCUT2D eigenvalue weighted by Crippen LogP contribution is 0.719. The van der Waals surface area contributed by atoms with E-state index in [4.69, 9.17) is 52.6 Å². The minimum absolute atomic E-state index is 0. The Morgan fingerprint density at radius 3 is 0.120 bits per heavy atom. The highest BCUT2D eigenvalue weighted by molar-refractivity contribution is 5.77. The van der Waals surface area contributed by atoms with Gasteiger partial charge in [0.1, 0.15) is 0 Å². The maximum atomic E-state index is 6.00. The summed E-state index contributed by atoms with van der Waals surface area (Å²) >= 11 is 0. The van der Waals surface area contributed by atoms with Crippen molar-refractivity contribution in [2.75, 3.05) is 0 Å². The summed E-state index contributed by atoms with van der Waals surface area (Å²) < 4.78 is 0. The van der Waals surface area contributed by atoms with Gasteiger partial charge < -0.3 is 0 Å². The van der Waals surface area contributed by atoms with E-state index in [1.807, 2.05) is 0 Å². The first-order valence-corrected chi connectivity index (χ1v) is 1.000. The van der Waals surface area contributed by atoms with E-state index in [1.165, 1.54) is 0 Å². The van der Waals surface area contributed by atoms with Gasteiger partial charge in [-0.05, 0) is 0 Å². The lowest BCUT2D eigenvalue weighted by molar-refractivity contribution is -0.176. The smallest absolute Gasteiger partial charge is 0.255 e. The Kier molecular flexibility index (Phi) is 2280. The molecule has 0 spiro atoms. The van der Waals surface area contributed by atoms with Crippen molar-refractivity contribution >= 4 is 346 Å². The Balaban J connectivity index is -0.000000000604. The van der Waals surface area contributed by atoms with Crippen molar-refractivity contribution in [1.82, 2.24) is 0 Å². The van der Waals surface area contributed by atoms with Gasteiger partial charge in [-0.3, -0.25) is 52.6 Å². The monoisotopic (exact) mass is 560 g/mol. The fourth-order valence-electron chi connectivity index (χ4n) is 0. The second kappa shape index (κ2) is 331. The second-order valence-electron chi connectivity index (χ2n) is 0. The van der Waals surface area contributed by atoms with Crippen LogP contribution in [-0.2, 0) is 0 Å². The fraction of sp³-hybridized carbons (Fsp3) is 0. The van der Waals surface area contributed by atoms with E-state index in [2.05, 4.69) is 0 Å². The van der Waals surface area contributed by atoms with Crippen molar-refractivity contribution in [2.24, 2.45) is 0 Å². The molecule has 0 fully saturated rings. The average Bonchev–Trinajstić information content (AvgIpc) is 2.20. The largest absolute Gasteiger partial charge is 0.316 e. The predicted octanol–water partition coefficient (Wildman–Crippen LogP) is -13.7. The molecule has 25 heteroatoms. The molecular weight excluding hydrogens is 525 g/mol. The summed E-state index contributed by atoms with van der Waals surface area (Å²) in [6.07, 6.45) is 0.